The molecule has 0 unspecified atom stereocenters. The van der Waals surface area contributed by atoms with Gasteiger partial charge < -0.3 is 4.90 Å². The second-order valence-corrected chi connectivity index (χ2v) is 13.1. The summed E-state index contributed by atoms with van der Waals surface area (Å²) in [5.74, 6) is 0. The molecule has 0 bridgehead atoms. The van der Waals surface area contributed by atoms with Crippen LogP contribution in [0.3, 0.4) is 0 Å². The van der Waals surface area contributed by atoms with E-state index < -0.39 is 0 Å². The van der Waals surface area contributed by atoms with Crippen LogP contribution < -0.4 is 4.90 Å². The molecule has 2 heteroatoms. The van der Waals surface area contributed by atoms with Crippen LogP contribution in [0.1, 0.15) is 22.3 Å². The van der Waals surface area contributed by atoms with E-state index in [4.69, 9.17) is 0 Å². The molecule has 0 spiro atoms. The zero-order valence-corrected chi connectivity index (χ0v) is 29.2. The van der Waals surface area contributed by atoms with Gasteiger partial charge in [0.2, 0.25) is 0 Å². The van der Waals surface area contributed by atoms with Gasteiger partial charge in [0, 0.05) is 21.8 Å². The second kappa shape index (κ2) is 15.9. The Bertz CT molecular complexity index is 2260. The summed E-state index contributed by atoms with van der Waals surface area (Å²) in [5, 5.41) is 6.05. The van der Waals surface area contributed by atoms with Crippen molar-refractivity contribution in [1.82, 2.24) is 0 Å². The monoisotopic (exact) mass is 651 g/mol. The number of thiophene rings is 1. The van der Waals surface area contributed by atoms with Crippen molar-refractivity contribution in [3.8, 4) is 11.1 Å². The van der Waals surface area contributed by atoms with Crippen LogP contribution in [0.4, 0.5) is 17.1 Å². The lowest BCUT2D eigenvalue weighted by molar-refractivity contribution is 1.29. The minimum atomic E-state index is 1.16. The molecule has 0 fully saturated rings. The number of rotatable bonds is 5. The van der Waals surface area contributed by atoms with Crippen molar-refractivity contribution in [2.75, 3.05) is 4.90 Å². The minimum absolute atomic E-state index is 1.16. The average molecular weight is 652 g/mol. The minimum Gasteiger partial charge on any atom is -0.310 e. The third-order valence-electron chi connectivity index (χ3n) is 8.52. The molecule has 240 valence electrons. The Morgan fingerprint density at radius 1 is 0.490 bits per heavy atom. The molecule has 1 nitrogen and oxygen atoms in total. The number of anilines is 3. The lowest BCUT2D eigenvalue weighted by Crippen LogP contribution is -2.09. The zero-order valence-electron chi connectivity index (χ0n) is 28.4. The number of fused-ring (bicyclic) bond motifs is 2. The van der Waals surface area contributed by atoms with E-state index in [0.29, 0.717) is 0 Å². The first-order chi connectivity index (χ1) is 24.0. The molecule has 7 aromatic carbocycles. The summed E-state index contributed by atoms with van der Waals surface area (Å²) in [7, 11) is 0. The Hall–Kier alpha value is -5.70. The van der Waals surface area contributed by atoms with Crippen LogP contribution in [0.2, 0.25) is 0 Å². The first-order valence-corrected chi connectivity index (χ1v) is 17.5. The van der Waals surface area contributed by atoms with Gasteiger partial charge in [-0.15, -0.1) is 11.3 Å². The SMILES string of the molecule is C=Cc1cccc2c(C)cccc12.Cc1cccc(-c2ccc(N(c3ccccc3)c3ccc4ccsc4c3)cc2)c1.Cc1ccccc1. The normalized spacial score (nSPS) is 10.4. The van der Waals surface area contributed by atoms with Gasteiger partial charge in [0.25, 0.3) is 0 Å². The molecule has 0 amide bonds. The van der Waals surface area contributed by atoms with E-state index >= 15 is 0 Å². The highest BCUT2D eigenvalue weighted by molar-refractivity contribution is 7.17. The van der Waals surface area contributed by atoms with E-state index in [1.165, 1.54) is 59.9 Å². The summed E-state index contributed by atoms with van der Waals surface area (Å²) in [6.07, 6.45) is 1.90. The van der Waals surface area contributed by atoms with Gasteiger partial charge in [-0.3, -0.25) is 0 Å². The van der Waals surface area contributed by atoms with Gasteiger partial charge in [-0.1, -0.05) is 151 Å². The summed E-state index contributed by atoms with van der Waals surface area (Å²) < 4.78 is 1.31. The Morgan fingerprint density at radius 2 is 1.12 bits per heavy atom. The van der Waals surface area contributed by atoms with E-state index in [1.54, 1.807) is 11.3 Å². The van der Waals surface area contributed by atoms with E-state index in [-0.39, 0.29) is 0 Å². The van der Waals surface area contributed by atoms with Crippen molar-refractivity contribution in [2.45, 2.75) is 20.8 Å². The molecule has 49 heavy (non-hydrogen) atoms. The fraction of sp³-hybridized carbons (Fsp3) is 0.0638. The topological polar surface area (TPSA) is 3.24 Å². The van der Waals surface area contributed by atoms with Crippen LogP contribution in [-0.2, 0) is 0 Å². The first kappa shape index (κ1) is 33.2. The van der Waals surface area contributed by atoms with E-state index in [0.717, 1.165) is 11.4 Å². The van der Waals surface area contributed by atoms with Gasteiger partial charge in [0.1, 0.15) is 0 Å². The van der Waals surface area contributed by atoms with Crippen molar-refractivity contribution in [3.05, 3.63) is 204 Å². The Morgan fingerprint density at radius 3 is 1.82 bits per heavy atom. The highest BCUT2D eigenvalue weighted by Gasteiger charge is 2.13. The summed E-state index contributed by atoms with van der Waals surface area (Å²) in [6.45, 7) is 10.2. The largest absolute Gasteiger partial charge is 0.310 e. The molecule has 0 aliphatic rings. The smallest absolute Gasteiger partial charge is 0.0476 e. The lowest BCUT2D eigenvalue weighted by Gasteiger charge is -2.25. The van der Waals surface area contributed by atoms with Crippen LogP contribution >= 0.6 is 11.3 Å². The number of aryl methyl sites for hydroxylation is 3. The number of hydrogen-bond acceptors (Lipinski definition) is 2. The molecule has 0 atom stereocenters. The maximum atomic E-state index is 3.81. The molecule has 8 aromatic rings. The molecule has 0 aliphatic carbocycles. The Labute approximate surface area is 295 Å². The van der Waals surface area contributed by atoms with Crippen LogP contribution in [-0.4, -0.2) is 0 Å². The van der Waals surface area contributed by atoms with E-state index in [1.807, 2.05) is 24.3 Å². The molecular formula is C47H41NS. The number of hydrogen-bond donors (Lipinski definition) is 0. The summed E-state index contributed by atoms with van der Waals surface area (Å²) in [4.78, 5) is 2.32. The highest BCUT2D eigenvalue weighted by Crippen LogP contribution is 2.37. The third-order valence-corrected chi connectivity index (χ3v) is 9.40. The maximum absolute atomic E-state index is 3.81. The van der Waals surface area contributed by atoms with Crippen LogP contribution in [0.15, 0.2) is 182 Å². The molecule has 8 rings (SSSR count). The zero-order chi connectivity index (χ0) is 34.0. The van der Waals surface area contributed by atoms with Crippen molar-refractivity contribution in [3.63, 3.8) is 0 Å². The summed E-state index contributed by atoms with van der Waals surface area (Å²) in [5.41, 5.74) is 11.1. The standard InChI is InChI=1S/C27H21NS.C13H12.C7H8/c1-20-6-5-7-23(18-20)21-10-13-25(14-11-21)28(24-8-3-2-4-9-24)26-15-12-22-16-17-29-27(22)19-26;1-3-11-7-5-8-12-10(2)6-4-9-13(11)12;1-7-5-3-2-4-6-7/h2-19H,1H3;3-9H,1H2,2H3;2-6H,1H3. The maximum Gasteiger partial charge on any atom is 0.0476 e. The predicted molar refractivity (Wildman–Crippen MR) is 217 cm³/mol. The van der Waals surface area contributed by atoms with E-state index in [2.05, 4.69) is 189 Å². The fourth-order valence-electron chi connectivity index (χ4n) is 5.94. The van der Waals surface area contributed by atoms with Gasteiger partial charge >= 0.3 is 0 Å². The number of nitrogens with zero attached hydrogens (tertiary/aromatic N) is 1. The molecule has 1 heterocycles. The van der Waals surface area contributed by atoms with Gasteiger partial charge in [-0.05, 0) is 107 Å². The summed E-state index contributed by atoms with van der Waals surface area (Å²) >= 11 is 1.78. The lowest BCUT2D eigenvalue weighted by atomic mass is 10.0. The Kier molecular flexibility index (Phi) is 10.8. The first-order valence-electron chi connectivity index (χ1n) is 16.6. The number of para-hydroxylation sites is 1. The molecule has 0 saturated carbocycles. The molecular weight excluding hydrogens is 611 g/mol. The van der Waals surface area contributed by atoms with Crippen molar-refractivity contribution in [1.29, 1.82) is 0 Å². The van der Waals surface area contributed by atoms with Crippen LogP contribution in [0, 0.1) is 20.8 Å². The molecule has 0 N–H and O–H groups in total. The second-order valence-electron chi connectivity index (χ2n) is 12.1. The van der Waals surface area contributed by atoms with Gasteiger partial charge in [0.15, 0.2) is 0 Å². The van der Waals surface area contributed by atoms with Crippen LogP contribution in [0.5, 0.6) is 0 Å². The quantitative estimate of drug-likeness (QED) is 0.179. The van der Waals surface area contributed by atoms with Gasteiger partial charge in [-0.25, -0.2) is 0 Å². The van der Waals surface area contributed by atoms with Gasteiger partial charge in [-0.2, -0.15) is 0 Å². The number of benzene rings is 7. The molecule has 0 radical (unpaired) electrons. The van der Waals surface area contributed by atoms with Crippen molar-refractivity contribution < 1.29 is 0 Å². The van der Waals surface area contributed by atoms with Gasteiger partial charge in [0.05, 0.1) is 0 Å². The predicted octanol–water partition coefficient (Wildman–Crippen LogP) is 14.1. The molecule has 0 aliphatic heterocycles. The van der Waals surface area contributed by atoms with Crippen molar-refractivity contribution >= 4 is 55.3 Å². The molecule has 1 aromatic heterocycles. The van der Waals surface area contributed by atoms with E-state index in [9.17, 15) is 0 Å². The van der Waals surface area contributed by atoms with Crippen molar-refractivity contribution in [2.24, 2.45) is 0 Å². The van der Waals surface area contributed by atoms with Crippen LogP contribution in [0.25, 0.3) is 38.1 Å². The Balaban J connectivity index is 0.000000170. The third kappa shape index (κ3) is 8.24. The fourth-order valence-corrected chi connectivity index (χ4v) is 6.76. The molecule has 0 saturated heterocycles. The highest BCUT2D eigenvalue weighted by atomic mass is 32.1. The summed E-state index contributed by atoms with van der Waals surface area (Å²) in [6, 6.07) is 59.9. The average Bonchev–Trinajstić information content (AvgIpc) is 3.62.